The third-order valence-electron chi connectivity index (χ3n) is 3.42. The highest BCUT2D eigenvalue weighted by molar-refractivity contribution is 7.89. The summed E-state index contributed by atoms with van der Waals surface area (Å²) in [7, 11) is -3.32. The zero-order valence-electron chi connectivity index (χ0n) is 10.8. The highest BCUT2D eigenvalue weighted by atomic mass is 32.2. The van der Waals surface area contributed by atoms with Gasteiger partial charge < -0.3 is 5.73 Å². The topological polar surface area (TPSA) is 63.4 Å². The molecule has 0 aromatic heterocycles. The normalized spacial score (nSPS) is 18.0. The van der Waals surface area contributed by atoms with E-state index in [1.165, 1.54) is 4.31 Å². The summed E-state index contributed by atoms with van der Waals surface area (Å²) in [5.74, 6) is 0.640. The van der Waals surface area contributed by atoms with Crippen LogP contribution in [0.1, 0.15) is 25.3 Å². The first kappa shape index (κ1) is 13.5. The van der Waals surface area contributed by atoms with Crippen LogP contribution in [-0.4, -0.2) is 32.4 Å². The lowest BCUT2D eigenvalue weighted by Gasteiger charge is -2.37. The van der Waals surface area contributed by atoms with Crippen LogP contribution in [0.4, 0.5) is 0 Å². The van der Waals surface area contributed by atoms with Gasteiger partial charge in [0.25, 0.3) is 0 Å². The Morgan fingerprint density at radius 3 is 2.61 bits per heavy atom. The fraction of sp³-hybridized carbons (Fsp3) is 0.538. The van der Waals surface area contributed by atoms with E-state index in [2.05, 4.69) is 13.8 Å². The molecule has 1 aromatic carbocycles. The van der Waals surface area contributed by atoms with E-state index in [9.17, 15) is 8.42 Å². The summed E-state index contributed by atoms with van der Waals surface area (Å²) in [6, 6.07) is 7.21. The van der Waals surface area contributed by atoms with Crippen molar-refractivity contribution < 1.29 is 8.42 Å². The molecule has 4 nitrogen and oxygen atoms in total. The van der Waals surface area contributed by atoms with Gasteiger partial charge in [-0.3, -0.25) is 0 Å². The molecule has 0 amide bonds. The fourth-order valence-electron chi connectivity index (χ4n) is 2.05. The molecule has 5 heteroatoms. The molecule has 100 valence electrons. The van der Waals surface area contributed by atoms with Gasteiger partial charge in [-0.1, -0.05) is 26.0 Å². The van der Waals surface area contributed by atoms with Gasteiger partial charge in [0, 0.05) is 13.1 Å². The molecular formula is C13H20N2O2S. The summed E-state index contributed by atoms with van der Waals surface area (Å²) in [5.41, 5.74) is 6.57. The van der Waals surface area contributed by atoms with Crippen molar-refractivity contribution in [1.29, 1.82) is 0 Å². The zero-order valence-corrected chi connectivity index (χ0v) is 11.7. The van der Waals surface area contributed by atoms with Crippen molar-refractivity contribution in [2.24, 2.45) is 11.7 Å². The first-order valence-electron chi connectivity index (χ1n) is 6.25. The summed E-state index contributed by atoms with van der Waals surface area (Å²) < 4.78 is 26.2. The van der Waals surface area contributed by atoms with Crippen molar-refractivity contribution in [2.75, 3.05) is 19.6 Å². The lowest BCUT2D eigenvalue weighted by Crippen LogP contribution is -2.52. The van der Waals surface area contributed by atoms with E-state index in [1.54, 1.807) is 12.1 Å². The van der Waals surface area contributed by atoms with E-state index in [1.807, 2.05) is 12.1 Å². The molecule has 2 N–H and O–H groups in total. The molecule has 0 spiro atoms. The molecule has 1 heterocycles. The summed E-state index contributed by atoms with van der Waals surface area (Å²) in [4.78, 5) is 0.393. The Morgan fingerprint density at radius 1 is 1.39 bits per heavy atom. The molecule has 1 aliphatic rings. The van der Waals surface area contributed by atoms with Gasteiger partial charge >= 0.3 is 0 Å². The quantitative estimate of drug-likeness (QED) is 0.897. The number of hydrogen-bond acceptors (Lipinski definition) is 3. The van der Waals surface area contributed by atoms with Crippen LogP contribution in [-0.2, 0) is 10.0 Å². The van der Waals surface area contributed by atoms with E-state index < -0.39 is 10.0 Å². The van der Waals surface area contributed by atoms with E-state index in [-0.39, 0.29) is 0 Å². The van der Waals surface area contributed by atoms with Gasteiger partial charge in [0.1, 0.15) is 0 Å². The minimum atomic E-state index is -3.32. The summed E-state index contributed by atoms with van der Waals surface area (Å²) in [6.07, 6.45) is 0. The van der Waals surface area contributed by atoms with Crippen LogP contribution in [0, 0.1) is 5.92 Å². The van der Waals surface area contributed by atoms with Gasteiger partial charge in [0.05, 0.1) is 4.90 Å². The van der Waals surface area contributed by atoms with Crippen molar-refractivity contribution in [3.8, 4) is 0 Å². The molecule has 2 rings (SSSR count). The third kappa shape index (κ3) is 2.43. The number of hydrogen-bond donors (Lipinski definition) is 1. The van der Waals surface area contributed by atoms with E-state index >= 15 is 0 Å². The maximum atomic E-state index is 12.3. The predicted molar refractivity (Wildman–Crippen MR) is 71.8 cm³/mol. The smallest absolute Gasteiger partial charge is 0.243 e. The SMILES string of the molecule is CC(C)c1cccc(S(=O)(=O)N2CC(CN)C2)c1. The molecule has 0 bridgehead atoms. The lowest BCUT2D eigenvalue weighted by molar-refractivity contribution is 0.207. The average molecular weight is 268 g/mol. The highest BCUT2D eigenvalue weighted by Gasteiger charge is 2.35. The maximum Gasteiger partial charge on any atom is 0.243 e. The van der Waals surface area contributed by atoms with Crippen molar-refractivity contribution in [1.82, 2.24) is 4.31 Å². The Labute approximate surface area is 109 Å². The molecule has 1 aromatic rings. The molecule has 0 aliphatic carbocycles. The van der Waals surface area contributed by atoms with Crippen molar-refractivity contribution in [3.05, 3.63) is 29.8 Å². The molecule has 1 fully saturated rings. The number of benzene rings is 1. The zero-order chi connectivity index (χ0) is 13.3. The Morgan fingerprint density at radius 2 is 2.06 bits per heavy atom. The summed E-state index contributed by atoms with van der Waals surface area (Å²) in [5, 5.41) is 0. The summed E-state index contributed by atoms with van der Waals surface area (Å²) in [6.45, 7) is 5.76. The van der Waals surface area contributed by atoms with Crippen LogP contribution in [0.3, 0.4) is 0 Å². The largest absolute Gasteiger partial charge is 0.330 e. The lowest BCUT2D eigenvalue weighted by atomic mass is 10.0. The molecular weight excluding hydrogens is 248 g/mol. The molecule has 0 saturated carbocycles. The number of nitrogens with two attached hydrogens (primary N) is 1. The molecule has 0 atom stereocenters. The maximum absolute atomic E-state index is 12.3. The minimum absolute atomic E-state index is 0.313. The van der Waals surface area contributed by atoms with Gasteiger partial charge in [0.15, 0.2) is 0 Å². The first-order valence-corrected chi connectivity index (χ1v) is 7.69. The van der Waals surface area contributed by atoms with Gasteiger partial charge in [-0.25, -0.2) is 8.42 Å². The number of rotatable bonds is 4. The Hall–Kier alpha value is -0.910. The van der Waals surface area contributed by atoms with E-state index in [0.29, 0.717) is 36.4 Å². The molecule has 18 heavy (non-hydrogen) atoms. The first-order chi connectivity index (χ1) is 8.45. The second-order valence-electron chi connectivity index (χ2n) is 5.15. The monoisotopic (exact) mass is 268 g/mol. The van der Waals surface area contributed by atoms with Crippen LogP contribution in [0.15, 0.2) is 29.2 Å². The van der Waals surface area contributed by atoms with Gasteiger partial charge in [-0.15, -0.1) is 0 Å². The minimum Gasteiger partial charge on any atom is -0.330 e. The second-order valence-corrected chi connectivity index (χ2v) is 7.09. The standard InChI is InChI=1S/C13H20N2O2S/c1-10(2)12-4-3-5-13(6-12)18(16,17)15-8-11(7-14)9-15/h3-6,10-11H,7-9,14H2,1-2H3. The highest BCUT2D eigenvalue weighted by Crippen LogP contribution is 2.26. The Bertz CT molecular complexity index is 520. The Kier molecular flexibility index (Phi) is 3.75. The predicted octanol–water partition coefficient (Wildman–Crippen LogP) is 1.39. The van der Waals surface area contributed by atoms with Crippen LogP contribution < -0.4 is 5.73 Å². The average Bonchev–Trinajstić information content (AvgIpc) is 2.27. The van der Waals surface area contributed by atoms with Crippen LogP contribution >= 0.6 is 0 Å². The number of sulfonamides is 1. The van der Waals surface area contributed by atoms with Gasteiger partial charge in [0.2, 0.25) is 10.0 Å². The van der Waals surface area contributed by atoms with Crippen molar-refractivity contribution >= 4 is 10.0 Å². The van der Waals surface area contributed by atoms with E-state index in [0.717, 1.165) is 5.56 Å². The van der Waals surface area contributed by atoms with E-state index in [4.69, 9.17) is 5.73 Å². The third-order valence-corrected chi connectivity index (χ3v) is 5.25. The summed E-state index contributed by atoms with van der Waals surface area (Å²) >= 11 is 0. The Balaban J connectivity index is 2.23. The molecule has 0 unspecified atom stereocenters. The molecule has 1 saturated heterocycles. The van der Waals surface area contributed by atoms with Crippen LogP contribution in [0.2, 0.25) is 0 Å². The van der Waals surface area contributed by atoms with Gasteiger partial charge in [-0.05, 0) is 36.1 Å². The fourth-order valence-corrected chi connectivity index (χ4v) is 3.70. The number of nitrogens with zero attached hydrogens (tertiary/aromatic N) is 1. The van der Waals surface area contributed by atoms with Crippen LogP contribution in [0.5, 0.6) is 0 Å². The van der Waals surface area contributed by atoms with Crippen LogP contribution in [0.25, 0.3) is 0 Å². The van der Waals surface area contributed by atoms with Gasteiger partial charge in [-0.2, -0.15) is 4.31 Å². The van der Waals surface area contributed by atoms with Crippen molar-refractivity contribution in [2.45, 2.75) is 24.7 Å². The second kappa shape index (κ2) is 4.99. The molecule has 1 aliphatic heterocycles. The molecule has 0 radical (unpaired) electrons. The van der Waals surface area contributed by atoms with Crippen molar-refractivity contribution in [3.63, 3.8) is 0 Å².